The van der Waals surface area contributed by atoms with E-state index in [1.54, 1.807) is 6.07 Å². The van der Waals surface area contributed by atoms with Crippen LogP contribution in [0, 0.1) is 0 Å². The van der Waals surface area contributed by atoms with Crippen LogP contribution >= 0.6 is 11.8 Å². The molecule has 1 aliphatic heterocycles. The number of hydrogen-bond donors (Lipinski definition) is 2. The smallest absolute Gasteiger partial charge is 0.313 e. The Labute approximate surface area is 126 Å². The Hall–Kier alpha value is -1.57. The molecule has 7 heteroatoms. The minimum absolute atomic E-state index is 0.0594. The summed E-state index contributed by atoms with van der Waals surface area (Å²) < 4.78 is 10.5. The van der Waals surface area contributed by atoms with Crippen molar-refractivity contribution < 1.29 is 24.2 Å². The van der Waals surface area contributed by atoms with Crippen LogP contribution in [0.2, 0.25) is 0 Å². The van der Waals surface area contributed by atoms with Crippen LogP contribution in [0.15, 0.2) is 24.3 Å². The number of thioether (sulfide) groups is 1. The van der Waals surface area contributed by atoms with E-state index in [0.717, 1.165) is 5.56 Å². The van der Waals surface area contributed by atoms with Gasteiger partial charge >= 0.3 is 5.97 Å². The van der Waals surface area contributed by atoms with Gasteiger partial charge < -0.3 is 19.9 Å². The fourth-order valence-corrected chi connectivity index (χ4v) is 2.55. The number of anilines is 1. The fraction of sp³-hybridized carbons (Fsp3) is 0.429. The Kier molecular flexibility index (Phi) is 6.04. The van der Waals surface area contributed by atoms with E-state index in [4.69, 9.17) is 14.6 Å². The Morgan fingerprint density at radius 3 is 2.95 bits per heavy atom. The Balaban J connectivity index is 1.87. The van der Waals surface area contributed by atoms with Crippen molar-refractivity contribution in [2.24, 2.45) is 0 Å². The molecule has 1 aromatic carbocycles. The molecule has 2 rings (SSSR count). The number of hydrogen-bond acceptors (Lipinski definition) is 5. The van der Waals surface area contributed by atoms with Crippen LogP contribution in [0.25, 0.3) is 0 Å². The van der Waals surface area contributed by atoms with Crippen molar-refractivity contribution in [3.8, 4) is 0 Å². The summed E-state index contributed by atoms with van der Waals surface area (Å²) in [5, 5.41) is 11.4. The van der Waals surface area contributed by atoms with E-state index < -0.39 is 12.1 Å². The molecular formula is C14H17NO5S. The SMILES string of the molecule is O=C(O)CSCc1cccc(NC(=O)C2COCCO2)c1. The molecular weight excluding hydrogens is 294 g/mol. The van der Waals surface area contributed by atoms with Gasteiger partial charge in [0, 0.05) is 11.4 Å². The Morgan fingerprint density at radius 1 is 1.38 bits per heavy atom. The van der Waals surface area contributed by atoms with E-state index in [0.29, 0.717) is 24.7 Å². The van der Waals surface area contributed by atoms with E-state index in [1.807, 2.05) is 18.2 Å². The van der Waals surface area contributed by atoms with Crippen molar-refractivity contribution >= 4 is 29.3 Å². The van der Waals surface area contributed by atoms with Gasteiger partial charge in [0.1, 0.15) is 0 Å². The highest BCUT2D eigenvalue weighted by Crippen LogP contribution is 2.17. The van der Waals surface area contributed by atoms with Crippen LogP contribution < -0.4 is 5.32 Å². The Morgan fingerprint density at radius 2 is 2.24 bits per heavy atom. The van der Waals surface area contributed by atoms with Gasteiger partial charge in [0.15, 0.2) is 6.10 Å². The molecule has 0 aromatic heterocycles. The fourth-order valence-electron chi connectivity index (χ4n) is 1.86. The maximum atomic E-state index is 12.0. The number of aliphatic carboxylic acids is 1. The second-order valence-corrected chi connectivity index (χ2v) is 5.50. The van der Waals surface area contributed by atoms with E-state index in [1.165, 1.54) is 11.8 Å². The van der Waals surface area contributed by atoms with Crippen molar-refractivity contribution in [1.29, 1.82) is 0 Å². The molecule has 114 valence electrons. The van der Waals surface area contributed by atoms with Crippen molar-refractivity contribution in [2.45, 2.75) is 11.9 Å². The second kappa shape index (κ2) is 8.02. The van der Waals surface area contributed by atoms with E-state index >= 15 is 0 Å². The number of carbonyl (C=O) groups excluding carboxylic acids is 1. The van der Waals surface area contributed by atoms with E-state index in [9.17, 15) is 9.59 Å². The lowest BCUT2D eigenvalue weighted by molar-refractivity contribution is -0.142. The van der Waals surface area contributed by atoms with Crippen LogP contribution in [0.4, 0.5) is 5.69 Å². The third kappa shape index (κ3) is 5.37. The number of carboxylic acid groups (broad SMARTS) is 1. The average molecular weight is 311 g/mol. The summed E-state index contributed by atoms with van der Waals surface area (Å²) in [5.74, 6) is -0.424. The number of amides is 1. The number of ether oxygens (including phenoxy) is 2. The summed E-state index contributed by atoms with van der Waals surface area (Å²) in [6, 6.07) is 7.33. The molecule has 1 aromatic rings. The highest BCUT2D eigenvalue weighted by Gasteiger charge is 2.22. The van der Waals surface area contributed by atoms with Gasteiger partial charge in [0.05, 0.1) is 25.6 Å². The zero-order valence-electron chi connectivity index (χ0n) is 11.4. The summed E-state index contributed by atoms with van der Waals surface area (Å²) >= 11 is 1.31. The van der Waals surface area contributed by atoms with Gasteiger partial charge in [-0.1, -0.05) is 12.1 Å². The molecule has 1 fully saturated rings. The minimum Gasteiger partial charge on any atom is -0.481 e. The molecule has 1 atom stereocenters. The third-order valence-corrected chi connectivity index (χ3v) is 3.79. The standard InChI is InChI=1S/C14H17NO5S/c16-13(17)9-21-8-10-2-1-3-11(6-10)15-14(18)12-7-19-4-5-20-12/h1-3,6,12H,4-5,7-9H2,(H,15,18)(H,16,17). The zero-order chi connectivity index (χ0) is 15.1. The first-order valence-electron chi connectivity index (χ1n) is 6.54. The topological polar surface area (TPSA) is 84.9 Å². The van der Waals surface area contributed by atoms with Gasteiger partial charge in [-0.05, 0) is 17.7 Å². The third-order valence-electron chi connectivity index (χ3n) is 2.80. The zero-order valence-corrected chi connectivity index (χ0v) is 12.2. The average Bonchev–Trinajstić information content (AvgIpc) is 2.48. The lowest BCUT2D eigenvalue weighted by Crippen LogP contribution is -2.39. The summed E-state index contributed by atoms with van der Waals surface area (Å²) in [4.78, 5) is 22.5. The maximum Gasteiger partial charge on any atom is 0.313 e. The number of rotatable bonds is 6. The highest BCUT2D eigenvalue weighted by molar-refractivity contribution is 7.99. The van der Waals surface area contributed by atoms with Crippen molar-refractivity contribution in [1.82, 2.24) is 0 Å². The highest BCUT2D eigenvalue weighted by atomic mass is 32.2. The van der Waals surface area contributed by atoms with Crippen LogP contribution in [-0.4, -0.2) is 48.7 Å². The molecule has 0 radical (unpaired) electrons. The predicted octanol–water partition coefficient (Wildman–Crippen LogP) is 1.36. The van der Waals surface area contributed by atoms with Gasteiger partial charge in [-0.3, -0.25) is 9.59 Å². The Bertz CT molecular complexity index is 502. The number of carbonyl (C=O) groups is 2. The molecule has 1 aliphatic rings. The summed E-state index contributed by atoms with van der Waals surface area (Å²) in [6.45, 7) is 1.20. The van der Waals surface area contributed by atoms with Crippen molar-refractivity contribution in [3.63, 3.8) is 0 Å². The molecule has 1 saturated heterocycles. The summed E-state index contributed by atoms with van der Waals surface area (Å²) in [5.41, 5.74) is 1.63. The first-order valence-corrected chi connectivity index (χ1v) is 7.69. The first kappa shape index (κ1) is 15.8. The molecule has 0 aliphatic carbocycles. The predicted molar refractivity (Wildman–Crippen MR) is 79.4 cm³/mol. The molecule has 0 bridgehead atoms. The van der Waals surface area contributed by atoms with Crippen molar-refractivity contribution in [3.05, 3.63) is 29.8 Å². The quantitative estimate of drug-likeness (QED) is 0.825. The van der Waals surface area contributed by atoms with Crippen LogP contribution in [0.1, 0.15) is 5.56 Å². The normalized spacial score (nSPS) is 18.2. The van der Waals surface area contributed by atoms with E-state index in [2.05, 4.69) is 5.32 Å². The maximum absolute atomic E-state index is 12.0. The number of carboxylic acids is 1. The molecule has 6 nitrogen and oxygen atoms in total. The van der Waals surface area contributed by atoms with Gasteiger partial charge in [0.2, 0.25) is 0 Å². The number of nitrogens with one attached hydrogen (secondary N) is 1. The van der Waals surface area contributed by atoms with Crippen LogP contribution in [0.3, 0.4) is 0 Å². The lowest BCUT2D eigenvalue weighted by atomic mass is 10.2. The summed E-state index contributed by atoms with van der Waals surface area (Å²) in [7, 11) is 0. The second-order valence-electron chi connectivity index (χ2n) is 4.51. The van der Waals surface area contributed by atoms with Gasteiger partial charge in [0.25, 0.3) is 5.91 Å². The first-order chi connectivity index (χ1) is 10.1. The van der Waals surface area contributed by atoms with Crippen LogP contribution in [0.5, 0.6) is 0 Å². The van der Waals surface area contributed by atoms with Gasteiger partial charge in [-0.15, -0.1) is 11.8 Å². The van der Waals surface area contributed by atoms with Crippen molar-refractivity contribution in [2.75, 3.05) is 30.9 Å². The van der Waals surface area contributed by atoms with Gasteiger partial charge in [-0.25, -0.2) is 0 Å². The van der Waals surface area contributed by atoms with E-state index in [-0.39, 0.29) is 18.3 Å². The molecule has 21 heavy (non-hydrogen) atoms. The van der Waals surface area contributed by atoms with Gasteiger partial charge in [-0.2, -0.15) is 0 Å². The molecule has 0 saturated carbocycles. The number of benzene rings is 1. The molecule has 1 heterocycles. The minimum atomic E-state index is -0.834. The molecule has 2 N–H and O–H groups in total. The summed E-state index contributed by atoms with van der Waals surface area (Å²) in [6.07, 6.45) is -0.580. The molecule has 1 amide bonds. The molecule has 1 unspecified atom stereocenters. The van der Waals surface area contributed by atoms with Crippen LogP contribution in [-0.2, 0) is 24.8 Å². The lowest BCUT2D eigenvalue weighted by Gasteiger charge is -2.22. The largest absolute Gasteiger partial charge is 0.481 e. The monoisotopic (exact) mass is 311 g/mol. The molecule has 0 spiro atoms.